The molecular formula is C14H15FN2O2S. The summed E-state index contributed by atoms with van der Waals surface area (Å²) in [4.78, 5) is -0.820. The molecule has 0 unspecified atom stereocenters. The normalized spacial score (nSPS) is 18.6. The Balaban J connectivity index is 2.53. The van der Waals surface area contributed by atoms with Crippen LogP contribution in [0.3, 0.4) is 0 Å². The van der Waals surface area contributed by atoms with E-state index in [0.717, 1.165) is 25.3 Å². The molecular weight excluding hydrogens is 279 g/mol. The molecule has 1 saturated heterocycles. The summed E-state index contributed by atoms with van der Waals surface area (Å²) < 4.78 is 38.6. The SMILES string of the molecule is N#CC(=C1CCCCCN1)S(=O)(=O)c1ccccc1F. The van der Waals surface area contributed by atoms with Crippen LogP contribution in [0.5, 0.6) is 0 Å². The highest BCUT2D eigenvalue weighted by Crippen LogP contribution is 2.26. The van der Waals surface area contributed by atoms with Crippen molar-refractivity contribution in [2.24, 2.45) is 0 Å². The Morgan fingerprint density at radius 2 is 2.00 bits per heavy atom. The van der Waals surface area contributed by atoms with Crippen LogP contribution in [0, 0.1) is 17.1 Å². The molecule has 0 saturated carbocycles. The van der Waals surface area contributed by atoms with Gasteiger partial charge in [0.25, 0.3) is 0 Å². The maximum absolute atomic E-state index is 13.7. The molecule has 0 aromatic heterocycles. The van der Waals surface area contributed by atoms with E-state index in [2.05, 4.69) is 5.32 Å². The number of nitriles is 1. The minimum atomic E-state index is -4.12. The maximum Gasteiger partial charge on any atom is 0.221 e. The molecule has 0 spiro atoms. The summed E-state index contributed by atoms with van der Waals surface area (Å²) in [7, 11) is -4.12. The van der Waals surface area contributed by atoms with E-state index < -0.39 is 20.5 Å². The van der Waals surface area contributed by atoms with Gasteiger partial charge in [0, 0.05) is 12.2 Å². The Labute approximate surface area is 117 Å². The first-order chi connectivity index (χ1) is 9.57. The predicted molar refractivity (Wildman–Crippen MR) is 72.7 cm³/mol. The molecule has 0 amide bonds. The average molecular weight is 294 g/mol. The molecule has 0 atom stereocenters. The van der Waals surface area contributed by atoms with E-state index in [0.29, 0.717) is 18.7 Å². The summed E-state index contributed by atoms with van der Waals surface area (Å²) in [6.07, 6.45) is 3.23. The molecule has 0 aliphatic carbocycles. The Bertz CT molecular complexity index is 665. The standard InChI is InChI=1S/C14H15FN2O2S/c15-11-6-3-4-8-13(11)20(18,19)14(10-16)12-7-2-1-5-9-17-12/h3-4,6,8,17H,1-2,5,7,9H2. The van der Waals surface area contributed by atoms with Crippen molar-refractivity contribution in [1.82, 2.24) is 5.32 Å². The zero-order chi connectivity index (χ0) is 14.6. The second-order valence-corrected chi connectivity index (χ2v) is 6.45. The number of nitrogens with one attached hydrogen (secondary N) is 1. The lowest BCUT2D eigenvalue weighted by atomic mass is 10.2. The smallest absolute Gasteiger partial charge is 0.221 e. The van der Waals surface area contributed by atoms with Crippen molar-refractivity contribution in [1.29, 1.82) is 5.26 Å². The maximum atomic E-state index is 13.7. The van der Waals surface area contributed by atoms with E-state index in [1.165, 1.54) is 18.2 Å². The Hall–Kier alpha value is -1.87. The molecule has 2 rings (SSSR count). The fourth-order valence-electron chi connectivity index (χ4n) is 2.19. The summed E-state index contributed by atoms with van der Waals surface area (Å²) in [5.41, 5.74) is 0.397. The van der Waals surface area contributed by atoms with Crippen LogP contribution in [0.25, 0.3) is 0 Å². The topological polar surface area (TPSA) is 70.0 Å². The third-order valence-corrected chi connectivity index (χ3v) is 5.00. The minimum absolute atomic E-state index is 0.371. The van der Waals surface area contributed by atoms with Crippen LogP contribution in [-0.4, -0.2) is 15.0 Å². The highest BCUT2D eigenvalue weighted by molar-refractivity contribution is 7.95. The highest BCUT2D eigenvalue weighted by Gasteiger charge is 2.27. The molecule has 1 N–H and O–H groups in total. The van der Waals surface area contributed by atoms with E-state index in [-0.39, 0.29) is 4.91 Å². The Morgan fingerprint density at radius 3 is 2.70 bits per heavy atom. The van der Waals surface area contributed by atoms with Crippen molar-refractivity contribution in [2.75, 3.05) is 6.54 Å². The third kappa shape index (κ3) is 2.83. The molecule has 1 aliphatic rings. The fourth-order valence-corrected chi connectivity index (χ4v) is 3.61. The molecule has 20 heavy (non-hydrogen) atoms. The van der Waals surface area contributed by atoms with E-state index in [1.807, 2.05) is 0 Å². The number of hydrogen-bond acceptors (Lipinski definition) is 4. The van der Waals surface area contributed by atoms with Crippen LogP contribution in [0.2, 0.25) is 0 Å². The van der Waals surface area contributed by atoms with E-state index >= 15 is 0 Å². The number of hydrogen-bond donors (Lipinski definition) is 1. The lowest BCUT2D eigenvalue weighted by Crippen LogP contribution is -2.18. The lowest BCUT2D eigenvalue weighted by Gasteiger charge is -2.11. The van der Waals surface area contributed by atoms with Crippen molar-refractivity contribution in [3.05, 3.63) is 40.7 Å². The molecule has 106 valence electrons. The quantitative estimate of drug-likeness (QED) is 0.851. The van der Waals surface area contributed by atoms with Gasteiger partial charge in [0.05, 0.1) is 0 Å². The number of halogens is 1. The van der Waals surface area contributed by atoms with Crippen molar-refractivity contribution in [3.63, 3.8) is 0 Å². The first kappa shape index (κ1) is 14.5. The van der Waals surface area contributed by atoms with Gasteiger partial charge >= 0.3 is 0 Å². The summed E-state index contributed by atoms with van der Waals surface area (Å²) in [6.45, 7) is 0.632. The van der Waals surface area contributed by atoms with Crippen LogP contribution in [0.15, 0.2) is 39.8 Å². The van der Waals surface area contributed by atoms with Crippen molar-refractivity contribution < 1.29 is 12.8 Å². The molecule has 1 heterocycles. The van der Waals surface area contributed by atoms with Gasteiger partial charge < -0.3 is 5.32 Å². The van der Waals surface area contributed by atoms with Crippen LogP contribution in [0.1, 0.15) is 25.7 Å². The fraction of sp³-hybridized carbons (Fsp3) is 0.357. The minimum Gasteiger partial charge on any atom is -0.387 e. The van der Waals surface area contributed by atoms with Crippen LogP contribution in [0.4, 0.5) is 4.39 Å². The number of allylic oxidation sites excluding steroid dienone is 2. The molecule has 6 heteroatoms. The second-order valence-electron chi connectivity index (χ2n) is 4.59. The summed E-state index contributed by atoms with van der Waals surface area (Å²) in [5.74, 6) is -0.838. The predicted octanol–water partition coefficient (Wildman–Crippen LogP) is 2.50. The van der Waals surface area contributed by atoms with Gasteiger partial charge in [-0.3, -0.25) is 0 Å². The molecule has 1 fully saturated rings. The average Bonchev–Trinajstić information content (AvgIpc) is 2.68. The summed E-state index contributed by atoms with van der Waals surface area (Å²) >= 11 is 0. The van der Waals surface area contributed by atoms with Gasteiger partial charge in [0.2, 0.25) is 9.84 Å². The molecule has 1 aromatic rings. The number of nitrogens with zero attached hydrogens (tertiary/aromatic N) is 1. The monoisotopic (exact) mass is 294 g/mol. The van der Waals surface area contributed by atoms with Gasteiger partial charge in [-0.1, -0.05) is 18.6 Å². The van der Waals surface area contributed by atoms with Crippen molar-refractivity contribution in [3.8, 4) is 6.07 Å². The van der Waals surface area contributed by atoms with E-state index in [9.17, 15) is 18.1 Å². The van der Waals surface area contributed by atoms with Gasteiger partial charge in [-0.2, -0.15) is 5.26 Å². The largest absolute Gasteiger partial charge is 0.387 e. The number of sulfone groups is 1. The van der Waals surface area contributed by atoms with Crippen LogP contribution < -0.4 is 5.32 Å². The highest BCUT2D eigenvalue weighted by atomic mass is 32.2. The molecule has 1 aromatic carbocycles. The van der Waals surface area contributed by atoms with E-state index in [1.54, 1.807) is 6.07 Å². The van der Waals surface area contributed by atoms with Gasteiger partial charge in [0.1, 0.15) is 16.8 Å². The molecule has 1 aliphatic heterocycles. The Kier molecular flexibility index (Phi) is 4.40. The lowest BCUT2D eigenvalue weighted by molar-refractivity contribution is 0.571. The number of benzene rings is 1. The van der Waals surface area contributed by atoms with E-state index in [4.69, 9.17) is 0 Å². The van der Waals surface area contributed by atoms with Crippen molar-refractivity contribution in [2.45, 2.75) is 30.6 Å². The Morgan fingerprint density at radius 1 is 1.25 bits per heavy atom. The van der Waals surface area contributed by atoms with Gasteiger partial charge in [-0.15, -0.1) is 0 Å². The van der Waals surface area contributed by atoms with Crippen LogP contribution >= 0.6 is 0 Å². The van der Waals surface area contributed by atoms with Gasteiger partial charge in [-0.25, -0.2) is 12.8 Å². The second kappa shape index (κ2) is 6.06. The zero-order valence-electron chi connectivity index (χ0n) is 10.9. The zero-order valence-corrected chi connectivity index (χ0v) is 11.7. The summed E-state index contributed by atoms with van der Waals surface area (Å²) in [5, 5.41) is 12.2. The van der Waals surface area contributed by atoms with Crippen LogP contribution in [-0.2, 0) is 9.84 Å². The number of rotatable bonds is 2. The molecule has 0 bridgehead atoms. The first-order valence-electron chi connectivity index (χ1n) is 6.44. The first-order valence-corrected chi connectivity index (χ1v) is 7.92. The van der Waals surface area contributed by atoms with Gasteiger partial charge in [-0.05, 0) is 31.4 Å². The summed E-state index contributed by atoms with van der Waals surface area (Å²) in [6, 6.07) is 6.84. The molecule has 4 nitrogen and oxygen atoms in total. The van der Waals surface area contributed by atoms with Crippen molar-refractivity contribution >= 4 is 9.84 Å². The molecule has 0 radical (unpaired) electrons. The van der Waals surface area contributed by atoms with Gasteiger partial charge in [0.15, 0.2) is 4.91 Å². The third-order valence-electron chi connectivity index (χ3n) is 3.21.